The molecule has 0 saturated carbocycles. The van der Waals surface area contributed by atoms with Gasteiger partial charge in [0.1, 0.15) is 0 Å². The van der Waals surface area contributed by atoms with Gasteiger partial charge in [-0.15, -0.1) is 0 Å². The number of hydrogen-bond donors (Lipinski definition) is 2. The molecule has 1 amide bonds. The largest absolute Gasteiger partial charge is 0.397 e. The number of nitrogen functional groups attached to an aromatic ring is 1. The van der Waals surface area contributed by atoms with Crippen LogP contribution in [0.4, 0.5) is 17.1 Å². The Hall–Kier alpha value is -3.31. The van der Waals surface area contributed by atoms with Crippen LogP contribution < -0.4 is 16.0 Å². The lowest BCUT2D eigenvalue weighted by Crippen LogP contribution is -2.31. The van der Waals surface area contributed by atoms with E-state index in [0.717, 1.165) is 36.3 Å². The molecule has 1 saturated heterocycles. The van der Waals surface area contributed by atoms with Gasteiger partial charge in [-0.2, -0.15) is 0 Å². The highest BCUT2D eigenvalue weighted by Gasteiger charge is 2.24. The summed E-state index contributed by atoms with van der Waals surface area (Å²) in [6, 6.07) is 24.1. The summed E-state index contributed by atoms with van der Waals surface area (Å²) in [5, 5.41) is 2.96. The Kier molecular flexibility index (Phi) is 5.72. The molecule has 1 unspecified atom stereocenters. The topological polar surface area (TPSA) is 61.6 Å². The van der Waals surface area contributed by atoms with Gasteiger partial charge in [0.15, 0.2) is 0 Å². The molecule has 0 spiro atoms. The predicted octanol–water partition coefficient (Wildman–Crippen LogP) is 4.33. The number of rotatable bonds is 5. The molecular formula is C25H28N4O. The van der Waals surface area contributed by atoms with Gasteiger partial charge >= 0.3 is 0 Å². The minimum absolute atomic E-state index is 0.161. The summed E-state index contributed by atoms with van der Waals surface area (Å²) in [4.78, 5) is 17.4. The first-order chi connectivity index (χ1) is 14.5. The van der Waals surface area contributed by atoms with Crippen molar-refractivity contribution in [1.29, 1.82) is 0 Å². The number of benzene rings is 3. The molecule has 0 aromatic heterocycles. The fourth-order valence-electron chi connectivity index (χ4n) is 3.89. The zero-order valence-electron chi connectivity index (χ0n) is 17.5. The van der Waals surface area contributed by atoms with Crippen LogP contribution in [0.2, 0.25) is 0 Å². The highest BCUT2D eigenvalue weighted by Crippen LogP contribution is 2.28. The summed E-state index contributed by atoms with van der Waals surface area (Å²) in [5.74, 6) is -0.161. The summed E-state index contributed by atoms with van der Waals surface area (Å²) in [5.41, 5.74) is 11.2. The quantitative estimate of drug-likeness (QED) is 0.626. The van der Waals surface area contributed by atoms with E-state index < -0.39 is 0 Å². The summed E-state index contributed by atoms with van der Waals surface area (Å²) in [6.07, 6.45) is 1.16. The Bertz CT molecular complexity index is 1020. The minimum Gasteiger partial charge on any atom is -0.397 e. The number of likely N-dealkylation sites (N-methyl/N-ethyl adjacent to an activating group) is 1. The molecule has 3 aromatic rings. The van der Waals surface area contributed by atoms with E-state index in [2.05, 4.69) is 29.2 Å². The first kappa shape index (κ1) is 20.0. The lowest BCUT2D eigenvalue weighted by molar-refractivity contribution is 0.102. The van der Waals surface area contributed by atoms with E-state index in [1.807, 2.05) is 72.8 Å². The van der Waals surface area contributed by atoms with Gasteiger partial charge in [-0.1, -0.05) is 36.4 Å². The van der Waals surface area contributed by atoms with Gasteiger partial charge in [-0.3, -0.25) is 4.79 Å². The van der Waals surface area contributed by atoms with Crippen LogP contribution in [0.1, 0.15) is 16.8 Å². The van der Waals surface area contributed by atoms with Crippen molar-refractivity contribution in [3.63, 3.8) is 0 Å². The van der Waals surface area contributed by atoms with Crippen LogP contribution in [0, 0.1) is 0 Å². The molecule has 5 nitrogen and oxygen atoms in total. The lowest BCUT2D eigenvalue weighted by atomic mass is 10.0. The second-order valence-corrected chi connectivity index (χ2v) is 8.02. The Morgan fingerprint density at radius 3 is 2.40 bits per heavy atom. The van der Waals surface area contributed by atoms with Crippen LogP contribution in [0.5, 0.6) is 0 Å². The molecule has 1 aliphatic rings. The van der Waals surface area contributed by atoms with Crippen molar-refractivity contribution in [2.24, 2.45) is 0 Å². The number of hydrogen-bond acceptors (Lipinski definition) is 4. The van der Waals surface area contributed by atoms with Crippen molar-refractivity contribution in [3.8, 4) is 11.1 Å². The van der Waals surface area contributed by atoms with Gasteiger partial charge in [0.05, 0.1) is 11.4 Å². The third-order valence-electron chi connectivity index (χ3n) is 5.80. The Morgan fingerprint density at radius 1 is 1.00 bits per heavy atom. The molecule has 3 aromatic carbocycles. The van der Waals surface area contributed by atoms with Gasteiger partial charge in [0.25, 0.3) is 5.91 Å². The lowest BCUT2D eigenvalue weighted by Gasteiger charge is -2.22. The molecular weight excluding hydrogens is 372 g/mol. The number of nitrogens with one attached hydrogen (secondary N) is 1. The summed E-state index contributed by atoms with van der Waals surface area (Å²) in [7, 11) is 4.25. The second-order valence-electron chi connectivity index (χ2n) is 8.02. The predicted molar refractivity (Wildman–Crippen MR) is 125 cm³/mol. The Balaban J connectivity index is 1.47. The van der Waals surface area contributed by atoms with Crippen molar-refractivity contribution in [1.82, 2.24) is 4.90 Å². The fourth-order valence-corrected chi connectivity index (χ4v) is 3.89. The number of anilines is 3. The average molecular weight is 401 g/mol. The van der Waals surface area contributed by atoms with E-state index in [9.17, 15) is 4.79 Å². The van der Waals surface area contributed by atoms with Gasteiger partial charge in [0.2, 0.25) is 0 Å². The minimum atomic E-state index is -0.161. The van der Waals surface area contributed by atoms with Crippen molar-refractivity contribution < 1.29 is 4.79 Å². The molecule has 0 bridgehead atoms. The van der Waals surface area contributed by atoms with Gasteiger partial charge in [-0.05, 0) is 68.0 Å². The van der Waals surface area contributed by atoms with Gasteiger partial charge in [0, 0.05) is 30.4 Å². The van der Waals surface area contributed by atoms with Gasteiger partial charge in [-0.25, -0.2) is 0 Å². The standard InChI is InChI=1S/C25H28N4O/c1-28(2)22-14-15-29(17-22)21-11-8-19(9-12-21)25(30)27-24-16-20(10-13-23(24)26)18-6-4-3-5-7-18/h3-13,16,22H,14-15,17,26H2,1-2H3,(H,27,30). The molecule has 1 aliphatic heterocycles. The van der Waals surface area contributed by atoms with Crippen LogP contribution in [0.3, 0.4) is 0 Å². The number of carbonyl (C=O) groups excluding carboxylic acids is 1. The van der Waals surface area contributed by atoms with Crippen molar-refractivity contribution in [3.05, 3.63) is 78.4 Å². The molecule has 1 fully saturated rings. The second kappa shape index (κ2) is 8.59. The third kappa shape index (κ3) is 4.31. The van der Waals surface area contributed by atoms with Crippen LogP contribution in [-0.4, -0.2) is 44.0 Å². The maximum atomic E-state index is 12.8. The smallest absolute Gasteiger partial charge is 0.255 e. The van der Waals surface area contributed by atoms with E-state index >= 15 is 0 Å². The van der Waals surface area contributed by atoms with Crippen LogP contribution in [-0.2, 0) is 0 Å². The summed E-state index contributed by atoms with van der Waals surface area (Å²) < 4.78 is 0. The molecule has 1 atom stereocenters. The van der Waals surface area contributed by atoms with E-state index in [0.29, 0.717) is 23.0 Å². The van der Waals surface area contributed by atoms with Crippen LogP contribution in [0.25, 0.3) is 11.1 Å². The highest BCUT2D eigenvalue weighted by atomic mass is 16.1. The molecule has 30 heavy (non-hydrogen) atoms. The zero-order chi connectivity index (χ0) is 21.1. The molecule has 0 radical (unpaired) electrons. The van der Waals surface area contributed by atoms with E-state index in [1.165, 1.54) is 0 Å². The van der Waals surface area contributed by atoms with Gasteiger partial charge < -0.3 is 20.9 Å². The Labute approximate surface area is 178 Å². The van der Waals surface area contributed by atoms with Crippen molar-refractivity contribution in [2.75, 3.05) is 43.1 Å². The first-order valence-electron chi connectivity index (χ1n) is 10.3. The third-order valence-corrected chi connectivity index (χ3v) is 5.80. The summed E-state index contributed by atoms with van der Waals surface area (Å²) in [6.45, 7) is 2.05. The fraction of sp³-hybridized carbons (Fsp3) is 0.240. The maximum absolute atomic E-state index is 12.8. The molecule has 0 aliphatic carbocycles. The zero-order valence-corrected chi connectivity index (χ0v) is 17.5. The van der Waals surface area contributed by atoms with E-state index in [1.54, 1.807) is 0 Å². The maximum Gasteiger partial charge on any atom is 0.255 e. The molecule has 5 heteroatoms. The number of nitrogens with zero attached hydrogens (tertiary/aromatic N) is 2. The average Bonchev–Trinajstić information content (AvgIpc) is 3.27. The van der Waals surface area contributed by atoms with Crippen LogP contribution >= 0.6 is 0 Å². The SMILES string of the molecule is CN(C)C1CCN(c2ccc(C(=O)Nc3cc(-c4ccccc4)ccc3N)cc2)C1. The van der Waals surface area contributed by atoms with Crippen molar-refractivity contribution in [2.45, 2.75) is 12.5 Å². The number of nitrogens with two attached hydrogens (primary N) is 1. The van der Waals surface area contributed by atoms with E-state index in [-0.39, 0.29) is 5.91 Å². The van der Waals surface area contributed by atoms with Crippen molar-refractivity contribution >= 4 is 23.0 Å². The highest BCUT2D eigenvalue weighted by molar-refractivity contribution is 6.06. The van der Waals surface area contributed by atoms with Crippen LogP contribution in [0.15, 0.2) is 72.8 Å². The Morgan fingerprint density at radius 2 is 1.73 bits per heavy atom. The first-order valence-corrected chi connectivity index (χ1v) is 10.3. The molecule has 4 rings (SSSR count). The monoisotopic (exact) mass is 400 g/mol. The normalized spacial score (nSPS) is 16.1. The molecule has 154 valence electrons. The molecule has 1 heterocycles. The van der Waals surface area contributed by atoms with E-state index in [4.69, 9.17) is 5.73 Å². The number of amides is 1. The number of carbonyl (C=O) groups is 1. The molecule has 3 N–H and O–H groups in total. The summed E-state index contributed by atoms with van der Waals surface area (Å²) >= 11 is 0.